The van der Waals surface area contributed by atoms with E-state index in [-0.39, 0.29) is 17.2 Å². The third-order valence-electron chi connectivity index (χ3n) is 5.74. The predicted molar refractivity (Wildman–Crippen MR) is 77.3 cm³/mol. The van der Waals surface area contributed by atoms with Gasteiger partial charge in [0.2, 0.25) is 5.91 Å². The maximum absolute atomic E-state index is 12.7. The van der Waals surface area contributed by atoms with Gasteiger partial charge in [-0.2, -0.15) is 0 Å². The highest BCUT2D eigenvalue weighted by molar-refractivity contribution is 5.90. The molecule has 1 amide bonds. The lowest BCUT2D eigenvalue weighted by atomic mass is 9.72. The molecule has 2 saturated carbocycles. The molecule has 2 aliphatic carbocycles. The van der Waals surface area contributed by atoms with Crippen molar-refractivity contribution in [3.8, 4) is 0 Å². The second-order valence-corrected chi connectivity index (χ2v) is 6.72. The molecular formula is C16H27NO3. The fourth-order valence-corrected chi connectivity index (χ4v) is 4.03. The molecule has 0 bridgehead atoms. The van der Waals surface area contributed by atoms with Crippen LogP contribution in [0.4, 0.5) is 0 Å². The van der Waals surface area contributed by atoms with E-state index in [4.69, 9.17) is 0 Å². The Bertz CT molecular complexity index is 387. The molecular weight excluding hydrogens is 254 g/mol. The topological polar surface area (TPSA) is 66.4 Å². The van der Waals surface area contributed by atoms with Gasteiger partial charge in [-0.05, 0) is 38.0 Å². The minimum atomic E-state index is -1.04. The summed E-state index contributed by atoms with van der Waals surface area (Å²) in [4.78, 5) is 24.6. The van der Waals surface area contributed by atoms with E-state index in [1.54, 1.807) is 0 Å². The van der Waals surface area contributed by atoms with Crippen molar-refractivity contribution in [1.29, 1.82) is 0 Å². The lowest BCUT2D eigenvalue weighted by Crippen LogP contribution is -2.62. The molecule has 2 fully saturated rings. The standard InChI is InChI=1S/C16H27NO3/c1-3-15(9-6-7-10-15)13(18)17-16(14(19)20)11-5-4-8-12(16)2/h12H,3-11H2,1-2H3,(H,17,18)(H,19,20). The number of carboxylic acids is 1. The molecule has 0 aromatic carbocycles. The highest BCUT2D eigenvalue weighted by atomic mass is 16.4. The van der Waals surface area contributed by atoms with Crippen molar-refractivity contribution in [2.45, 2.75) is 77.2 Å². The zero-order valence-electron chi connectivity index (χ0n) is 12.7. The van der Waals surface area contributed by atoms with Gasteiger partial charge in [0.05, 0.1) is 0 Å². The van der Waals surface area contributed by atoms with Crippen molar-refractivity contribution >= 4 is 11.9 Å². The Hall–Kier alpha value is -1.06. The number of nitrogens with one attached hydrogen (secondary N) is 1. The molecule has 20 heavy (non-hydrogen) atoms. The van der Waals surface area contributed by atoms with E-state index >= 15 is 0 Å². The van der Waals surface area contributed by atoms with Crippen LogP contribution in [0.3, 0.4) is 0 Å². The van der Waals surface area contributed by atoms with Gasteiger partial charge < -0.3 is 10.4 Å². The van der Waals surface area contributed by atoms with Crippen LogP contribution in [-0.4, -0.2) is 22.5 Å². The van der Waals surface area contributed by atoms with Gasteiger partial charge in [0.25, 0.3) is 0 Å². The molecule has 0 aromatic heterocycles. The number of hydrogen-bond acceptors (Lipinski definition) is 2. The average Bonchev–Trinajstić information content (AvgIpc) is 2.91. The van der Waals surface area contributed by atoms with Gasteiger partial charge in [0.1, 0.15) is 5.54 Å². The summed E-state index contributed by atoms with van der Waals surface area (Å²) in [6.45, 7) is 4.00. The highest BCUT2D eigenvalue weighted by Gasteiger charge is 2.50. The van der Waals surface area contributed by atoms with E-state index in [1.165, 1.54) is 0 Å². The summed E-state index contributed by atoms with van der Waals surface area (Å²) >= 11 is 0. The molecule has 114 valence electrons. The van der Waals surface area contributed by atoms with E-state index in [1.807, 2.05) is 13.8 Å². The van der Waals surface area contributed by atoms with Crippen molar-refractivity contribution < 1.29 is 14.7 Å². The van der Waals surface area contributed by atoms with Crippen LogP contribution in [0.15, 0.2) is 0 Å². The Morgan fingerprint density at radius 2 is 1.75 bits per heavy atom. The Balaban J connectivity index is 2.20. The molecule has 2 atom stereocenters. The van der Waals surface area contributed by atoms with Crippen molar-refractivity contribution in [2.24, 2.45) is 11.3 Å². The van der Waals surface area contributed by atoms with Crippen LogP contribution >= 0.6 is 0 Å². The van der Waals surface area contributed by atoms with Gasteiger partial charge in [-0.1, -0.05) is 39.5 Å². The second-order valence-electron chi connectivity index (χ2n) is 6.72. The normalized spacial score (nSPS) is 32.8. The molecule has 2 unspecified atom stereocenters. The quantitative estimate of drug-likeness (QED) is 0.832. The van der Waals surface area contributed by atoms with E-state index in [0.29, 0.717) is 6.42 Å². The highest BCUT2D eigenvalue weighted by Crippen LogP contribution is 2.43. The lowest BCUT2D eigenvalue weighted by Gasteiger charge is -2.42. The number of hydrogen-bond donors (Lipinski definition) is 2. The lowest BCUT2D eigenvalue weighted by molar-refractivity contribution is -0.154. The van der Waals surface area contributed by atoms with Crippen LogP contribution in [0.5, 0.6) is 0 Å². The summed E-state index contributed by atoms with van der Waals surface area (Å²) in [5.74, 6) is -0.871. The minimum Gasteiger partial charge on any atom is -0.479 e. The van der Waals surface area contributed by atoms with Crippen LogP contribution < -0.4 is 5.32 Å². The average molecular weight is 281 g/mol. The molecule has 0 radical (unpaired) electrons. The van der Waals surface area contributed by atoms with Gasteiger partial charge in [0, 0.05) is 5.41 Å². The molecule has 4 heteroatoms. The first kappa shape index (κ1) is 15.3. The molecule has 2 aliphatic rings. The maximum atomic E-state index is 12.7. The summed E-state index contributed by atoms with van der Waals surface area (Å²) in [6.07, 6.45) is 8.16. The van der Waals surface area contributed by atoms with Gasteiger partial charge in [0.15, 0.2) is 0 Å². The Kier molecular flexibility index (Phi) is 4.40. The van der Waals surface area contributed by atoms with Crippen LogP contribution in [-0.2, 0) is 9.59 Å². The molecule has 0 saturated heterocycles. The molecule has 0 heterocycles. The number of carbonyl (C=O) groups is 2. The second kappa shape index (κ2) is 5.74. The van der Waals surface area contributed by atoms with Crippen LogP contribution in [0.25, 0.3) is 0 Å². The summed E-state index contributed by atoms with van der Waals surface area (Å²) in [7, 11) is 0. The molecule has 0 aromatic rings. The summed E-state index contributed by atoms with van der Waals surface area (Å²) in [6, 6.07) is 0. The first-order valence-corrected chi connectivity index (χ1v) is 8.03. The SMILES string of the molecule is CCC1(C(=O)NC2(C(=O)O)CCCCC2C)CCCC1. The zero-order chi connectivity index (χ0) is 14.8. The molecule has 2 N–H and O–H groups in total. The Morgan fingerprint density at radius 3 is 2.25 bits per heavy atom. The van der Waals surface area contributed by atoms with Crippen molar-refractivity contribution in [2.75, 3.05) is 0 Å². The number of carboxylic acid groups (broad SMARTS) is 1. The van der Waals surface area contributed by atoms with Crippen LogP contribution in [0.1, 0.15) is 71.6 Å². The van der Waals surface area contributed by atoms with E-state index < -0.39 is 11.5 Å². The fraction of sp³-hybridized carbons (Fsp3) is 0.875. The molecule has 0 aliphatic heterocycles. The van der Waals surface area contributed by atoms with Crippen LogP contribution in [0.2, 0.25) is 0 Å². The van der Waals surface area contributed by atoms with E-state index in [9.17, 15) is 14.7 Å². The van der Waals surface area contributed by atoms with E-state index in [2.05, 4.69) is 5.32 Å². The monoisotopic (exact) mass is 281 g/mol. The minimum absolute atomic E-state index is 0.00742. The molecule has 2 rings (SSSR count). The zero-order valence-corrected chi connectivity index (χ0v) is 12.7. The van der Waals surface area contributed by atoms with Gasteiger partial charge in [-0.25, -0.2) is 4.79 Å². The third-order valence-corrected chi connectivity index (χ3v) is 5.74. The maximum Gasteiger partial charge on any atom is 0.329 e. The van der Waals surface area contributed by atoms with Gasteiger partial charge in [-0.3, -0.25) is 4.79 Å². The fourth-order valence-electron chi connectivity index (χ4n) is 4.03. The molecule has 0 spiro atoms. The number of rotatable bonds is 4. The Morgan fingerprint density at radius 1 is 1.15 bits per heavy atom. The van der Waals surface area contributed by atoms with E-state index in [0.717, 1.165) is 51.4 Å². The summed E-state index contributed by atoms with van der Waals surface area (Å²) in [5, 5.41) is 12.7. The van der Waals surface area contributed by atoms with Gasteiger partial charge >= 0.3 is 5.97 Å². The largest absolute Gasteiger partial charge is 0.479 e. The number of carbonyl (C=O) groups excluding carboxylic acids is 1. The van der Waals surface area contributed by atoms with Crippen molar-refractivity contribution in [1.82, 2.24) is 5.32 Å². The van der Waals surface area contributed by atoms with Crippen LogP contribution in [0, 0.1) is 11.3 Å². The number of amides is 1. The van der Waals surface area contributed by atoms with Gasteiger partial charge in [-0.15, -0.1) is 0 Å². The first-order valence-electron chi connectivity index (χ1n) is 8.03. The third kappa shape index (κ3) is 2.45. The van der Waals surface area contributed by atoms with Crippen molar-refractivity contribution in [3.63, 3.8) is 0 Å². The summed E-state index contributed by atoms with van der Waals surface area (Å²) < 4.78 is 0. The van der Waals surface area contributed by atoms with Crippen molar-refractivity contribution in [3.05, 3.63) is 0 Å². The Labute approximate surface area is 121 Å². The predicted octanol–water partition coefficient (Wildman–Crippen LogP) is 3.11. The smallest absolute Gasteiger partial charge is 0.329 e. The number of aliphatic carboxylic acids is 1. The molecule has 4 nitrogen and oxygen atoms in total. The first-order chi connectivity index (χ1) is 9.47. The summed E-state index contributed by atoms with van der Waals surface area (Å²) in [5.41, 5.74) is -1.36.